The van der Waals surface area contributed by atoms with E-state index in [0.717, 1.165) is 32.1 Å². The monoisotopic (exact) mass is 306 g/mol. The maximum atomic E-state index is 12.9. The molecule has 1 rings (SSSR count). The number of carbonyl (C=O) groups is 1. The lowest BCUT2D eigenvalue weighted by atomic mass is 9.89. The first-order valence-corrected chi connectivity index (χ1v) is 10.3. The largest absolute Gasteiger partial charge is 0.294 e. The molecule has 1 fully saturated rings. The van der Waals surface area contributed by atoms with E-state index in [1.54, 1.807) is 14.1 Å². The van der Waals surface area contributed by atoms with E-state index in [9.17, 15) is 9.36 Å². The van der Waals surface area contributed by atoms with Crippen molar-refractivity contribution in [3.63, 3.8) is 0 Å². The van der Waals surface area contributed by atoms with E-state index in [0.29, 0.717) is 0 Å². The molecule has 1 aliphatic carbocycles. The molecule has 0 spiro atoms. The molecule has 6 heteroatoms. The molecule has 0 bridgehead atoms. The normalized spacial score (nSPS) is 21.7. The fourth-order valence-corrected chi connectivity index (χ4v) is 6.83. The molecule has 0 radical (unpaired) electrons. The van der Waals surface area contributed by atoms with Crippen LogP contribution in [-0.4, -0.2) is 29.9 Å². The van der Waals surface area contributed by atoms with Crippen molar-refractivity contribution in [3.05, 3.63) is 0 Å². The highest BCUT2D eigenvalue weighted by Crippen LogP contribution is 2.59. The van der Waals surface area contributed by atoms with Crippen molar-refractivity contribution < 1.29 is 9.36 Å². The highest BCUT2D eigenvalue weighted by molar-refractivity contribution is 8.57. The third-order valence-corrected chi connectivity index (χ3v) is 9.60. The fraction of sp³-hybridized carbons (Fsp3) is 0.923. The smallest absolute Gasteiger partial charge is 0.276 e. The van der Waals surface area contributed by atoms with Gasteiger partial charge in [0, 0.05) is 18.2 Å². The van der Waals surface area contributed by atoms with Crippen LogP contribution in [0.5, 0.6) is 0 Å². The zero-order valence-corrected chi connectivity index (χ0v) is 14.2. The van der Waals surface area contributed by atoms with Crippen molar-refractivity contribution in [2.75, 3.05) is 14.1 Å². The fourth-order valence-electron chi connectivity index (χ4n) is 2.34. The Morgan fingerprint density at radius 2 is 2.00 bits per heavy atom. The van der Waals surface area contributed by atoms with Crippen LogP contribution in [-0.2, 0) is 9.36 Å². The van der Waals surface area contributed by atoms with E-state index in [1.807, 2.05) is 6.92 Å². The summed E-state index contributed by atoms with van der Waals surface area (Å²) < 4.78 is 14.4. The lowest BCUT2D eigenvalue weighted by Gasteiger charge is -2.32. The van der Waals surface area contributed by atoms with Gasteiger partial charge in [0.25, 0.3) is 6.65 Å². The number of nitrogens with one attached hydrogen (secondary N) is 1. The van der Waals surface area contributed by atoms with Crippen LogP contribution in [0.4, 0.5) is 0 Å². The molecule has 0 aromatic heterocycles. The lowest BCUT2D eigenvalue weighted by molar-refractivity contribution is -0.130. The van der Waals surface area contributed by atoms with E-state index >= 15 is 0 Å². The van der Waals surface area contributed by atoms with E-state index in [2.05, 4.69) is 12.0 Å². The first-order valence-electron chi connectivity index (χ1n) is 7.20. The van der Waals surface area contributed by atoms with Gasteiger partial charge in [-0.15, -0.1) is 0 Å². The van der Waals surface area contributed by atoms with E-state index in [1.165, 1.54) is 22.5 Å². The second kappa shape index (κ2) is 7.70. The van der Waals surface area contributed by atoms with Crippen LogP contribution >= 0.6 is 18.0 Å². The zero-order chi connectivity index (χ0) is 14.5. The molecule has 4 nitrogen and oxygen atoms in total. The Labute approximate surface area is 121 Å². The van der Waals surface area contributed by atoms with Gasteiger partial charge in [-0.05, 0) is 26.3 Å². The molecule has 2 unspecified atom stereocenters. The maximum Gasteiger partial charge on any atom is 0.294 e. The van der Waals surface area contributed by atoms with Crippen LogP contribution in [0.25, 0.3) is 0 Å². The van der Waals surface area contributed by atoms with Gasteiger partial charge >= 0.3 is 0 Å². The topological polar surface area (TPSA) is 49.4 Å². The standard InChI is InChI=1S/C13H27N2O2PS/c1-5-11(2)19-18(17,14-3)15(4)13(16)12-9-7-6-8-10-12/h11-12H,5-10H2,1-4H3,(H,14,17). The number of hydrogen-bond donors (Lipinski definition) is 1. The summed E-state index contributed by atoms with van der Waals surface area (Å²) in [5, 5.41) is 3.16. The van der Waals surface area contributed by atoms with Crippen molar-refractivity contribution in [2.45, 2.75) is 57.6 Å². The van der Waals surface area contributed by atoms with Gasteiger partial charge in [0.15, 0.2) is 0 Å². The SMILES string of the molecule is CCC(C)SP(=O)(NC)N(C)C(=O)C1CCCCC1. The minimum absolute atomic E-state index is 0.0492. The number of hydrogen-bond acceptors (Lipinski definition) is 3. The Balaban J connectivity index is 2.73. The molecule has 0 heterocycles. The summed E-state index contributed by atoms with van der Waals surface area (Å²) in [7, 11) is 3.37. The summed E-state index contributed by atoms with van der Waals surface area (Å²) in [6, 6.07) is 0. The molecule has 0 aromatic rings. The summed E-state index contributed by atoms with van der Waals surface area (Å²) in [6.07, 6.45) is 6.29. The first-order chi connectivity index (χ1) is 8.94. The Bertz CT molecular complexity index is 346. The molecule has 2 atom stereocenters. The van der Waals surface area contributed by atoms with Gasteiger partial charge in [0.05, 0.1) is 0 Å². The van der Waals surface area contributed by atoms with Gasteiger partial charge in [-0.1, -0.05) is 44.5 Å². The molecule has 0 saturated heterocycles. The summed E-state index contributed by atoms with van der Waals surface area (Å²) in [5.74, 6) is 0.117. The summed E-state index contributed by atoms with van der Waals surface area (Å²) in [5.41, 5.74) is 0. The van der Waals surface area contributed by atoms with Crippen LogP contribution < -0.4 is 5.09 Å². The van der Waals surface area contributed by atoms with Crippen molar-refractivity contribution in [3.8, 4) is 0 Å². The van der Waals surface area contributed by atoms with Crippen LogP contribution in [0.1, 0.15) is 52.4 Å². The number of nitrogens with zero attached hydrogens (tertiary/aromatic N) is 1. The van der Waals surface area contributed by atoms with Crippen molar-refractivity contribution >= 4 is 23.9 Å². The minimum Gasteiger partial charge on any atom is -0.276 e. The molecule has 1 aliphatic rings. The van der Waals surface area contributed by atoms with Crippen LogP contribution in [0.15, 0.2) is 0 Å². The average Bonchev–Trinajstić information content (AvgIpc) is 2.46. The maximum absolute atomic E-state index is 12.9. The first kappa shape index (κ1) is 17.1. The Morgan fingerprint density at radius 3 is 2.47 bits per heavy atom. The summed E-state index contributed by atoms with van der Waals surface area (Å²) >= 11 is 1.40. The summed E-state index contributed by atoms with van der Waals surface area (Å²) in [4.78, 5) is 12.5. The molecule has 1 saturated carbocycles. The molecular weight excluding hydrogens is 279 g/mol. The molecular formula is C13H27N2O2PS. The number of amides is 1. The molecule has 19 heavy (non-hydrogen) atoms. The van der Waals surface area contributed by atoms with Gasteiger partial charge < -0.3 is 0 Å². The minimum atomic E-state index is -2.84. The van der Waals surface area contributed by atoms with Crippen LogP contribution in [0, 0.1) is 5.92 Å². The van der Waals surface area contributed by atoms with Gasteiger partial charge in [-0.25, -0.2) is 5.09 Å². The quantitative estimate of drug-likeness (QED) is 0.757. The predicted octanol–water partition coefficient (Wildman–Crippen LogP) is 3.88. The second-order valence-electron chi connectivity index (χ2n) is 5.27. The van der Waals surface area contributed by atoms with Crippen LogP contribution in [0.2, 0.25) is 0 Å². The van der Waals surface area contributed by atoms with E-state index in [-0.39, 0.29) is 17.1 Å². The van der Waals surface area contributed by atoms with Crippen LogP contribution in [0.3, 0.4) is 0 Å². The van der Waals surface area contributed by atoms with Crippen molar-refractivity contribution in [2.24, 2.45) is 5.92 Å². The van der Waals surface area contributed by atoms with Gasteiger partial charge in [-0.2, -0.15) is 0 Å². The van der Waals surface area contributed by atoms with Crippen molar-refractivity contribution in [1.29, 1.82) is 0 Å². The Morgan fingerprint density at radius 1 is 1.42 bits per heavy atom. The number of rotatable bonds is 6. The molecule has 1 amide bonds. The third-order valence-electron chi connectivity index (χ3n) is 3.85. The Kier molecular flexibility index (Phi) is 6.92. The van der Waals surface area contributed by atoms with Gasteiger partial charge in [0.1, 0.15) is 0 Å². The van der Waals surface area contributed by atoms with Crippen molar-refractivity contribution in [1.82, 2.24) is 9.76 Å². The molecule has 0 aliphatic heterocycles. The lowest BCUT2D eigenvalue weighted by Crippen LogP contribution is -2.34. The van der Waals surface area contributed by atoms with E-state index < -0.39 is 6.65 Å². The Hall–Kier alpha value is 0.0100. The highest BCUT2D eigenvalue weighted by Gasteiger charge is 2.35. The average molecular weight is 306 g/mol. The number of carbonyl (C=O) groups excluding carboxylic acids is 1. The predicted molar refractivity (Wildman–Crippen MR) is 83.4 cm³/mol. The third kappa shape index (κ3) is 4.51. The van der Waals surface area contributed by atoms with E-state index in [4.69, 9.17) is 0 Å². The molecule has 0 aromatic carbocycles. The second-order valence-corrected chi connectivity index (χ2v) is 10.5. The van der Waals surface area contributed by atoms with Gasteiger partial charge in [0.2, 0.25) is 5.91 Å². The van der Waals surface area contributed by atoms with Gasteiger partial charge in [-0.3, -0.25) is 14.0 Å². The molecule has 1 N–H and O–H groups in total. The highest BCUT2D eigenvalue weighted by atomic mass is 32.7. The molecule has 112 valence electrons. The zero-order valence-electron chi connectivity index (χ0n) is 12.5. The summed E-state index contributed by atoms with van der Waals surface area (Å²) in [6.45, 7) is 1.28.